The van der Waals surface area contributed by atoms with Gasteiger partial charge in [-0.2, -0.15) is 0 Å². The van der Waals surface area contributed by atoms with E-state index in [-0.39, 0.29) is 0 Å². The highest BCUT2D eigenvalue weighted by atomic mass is 127. The van der Waals surface area contributed by atoms with Gasteiger partial charge in [-0.25, -0.2) is 0 Å². The van der Waals surface area contributed by atoms with Crippen molar-refractivity contribution in [1.82, 2.24) is 0 Å². The Bertz CT molecular complexity index is 206. The van der Waals surface area contributed by atoms with E-state index in [0.29, 0.717) is 0 Å². The smallest absolute Gasteiger partial charge is 0.244 e. The fourth-order valence-electron chi connectivity index (χ4n) is 0.838. The lowest BCUT2D eigenvalue weighted by Gasteiger charge is -2.17. The van der Waals surface area contributed by atoms with Crippen LogP contribution in [0.2, 0.25) is 0 Å². The molecule has 1 heterocycles. The Hall–Kier alpha value is -0.190. The van der Waals surface area contributed by atoms with Gasteiger partial charge in [0.15, 0.2) is 0 Å². The van der Waals surface area contributed by atoms with Crippen LogP contribution in [0.25, 0.3) is 0 Å². The molecule has 0 unspecified atom stereocenters. The first-order chi connectivity index (χ1) is 4.99. The summed E-state index contributed by atoms with van der Waals surface area (Å²) in [5, 5.41) is 0. The molecule has 0 atom stereocenters. The van der Waals surface area contributed by atoms with Crippen LogP contribution in [0.3, 0.4) is 0 Å². The van der Waals surface area contributed by atoms with Gasteiger partial charge in [0.05, 0.1) is 0 Å². The van der Waals surface area contributed by atoms with E-state index in [1.54, 1.807) is 6.26 Å². The van der Waals surface area contributed by atoms with Gasteiger partial charge in [0, 0.05) is 20.3 Å². The summed E-state index contributed by atoms with van der Waals surface area (Å²) < 4.78 is 11.7. The zero-order chi connectivity index (χ0) is 8.48. The average molecular weight is 266 g/mol. The van der Waals surface area contributed by atoms with Gasteiger partial charge in [-0.05, 0) is 26.2 Å². The largest absolute Gasteiger partial charge is 0.457 e. The minimum absolute atomic E-state index is 0.485. The third-order valence-corrected chi connectivity index (χ3v) is 1.60. The second kappa shape index (κ2) is 3.05. The molecular formula is C8H11IO2. The number of ether oxygens (including phenoxy) is 2. The third-order valence-electron chi connectivity index (χ3n) is 1.22. The summed E-state index contributed by atoms with van der Waals surface area (Å²) in [6.45, 7) is 7.54. The molecule has 0 radical (unpaired) electrons. The van der Waals surface area contributed by atoms with E-state index in [1.165, 1.54) is 0 Å². The Morgan fingerprint density at radius 2 is 2.36 bits per heavy atom. The van der Waals surface area contributed by atoms with Crippen molar-refractivity contribution >= 4 is 22.6 Å². The lowest BCUT2D eigenvalue weighted by atomic mass is 10.3. The Balaban J connectivity index is 2.47. The molecule has 0 saturated heterocycles. The molecule has 1 rings (SSSR count). The predicted molar refractivity (Wildman–Crippen MR) is 52.1 cm³/mol. The molecule has 0 bridgehead atoms. The van der Waals surface area contributed by atoms with Crippen molar-refractivity contribution in [3.05, 3.63) is 22.2 Å². The number of rotatable bonds is 2. The lowest BCUT2D eigenvalue weighted by Crippen LogP contribution is -2.20. The van der Waals surface area contributed by atoms with Gasteiger partial charge in [-0.1, -0.05) is 6.58 Å². The van der Waals surface area contributed by atoms with E-state index >= 15 is 0 Å². The maximum Gasteiger partial charge on any atom is 0.244 e. The molecule has 0 N–H and O–H groups in total. The molecule has 1 aliphatic heterocycles. The second-order valence-corrected chi connectivity index (χ2v) is 4.42. The summed E-state index contributed by atoms with van der Waals surface area (Å²) in [4.78, 5) is 0. The topological polar surface area (TPSA) is 18.5 Å². The van der Waals surface area contributed by atoms with Crippen LogP contribution in [-0.2, 0) is 9.47 Å². The Morgan fingerprint density at radius 1 is 1.73 bits per heavy atom. The molecule has 0 aromatic rings. The number of hydrogen-bond donors (Lipinski definition) is 0. The van der Waals surface area contributed by atoms with Crippen molar-refractivity contribution in [3.63, 3.8) is 0 Å². The van der Waals surface area contributed by atoms with Crippen LogP contribution in [0, 0.1) is 0 Å². The molecule has 1 aliphatic rings. The van der Waals surface area contributed by atoms with Crippen LogP contribution in [0.4, 0.5) is 0 Å². The van der Waals surface area contributed by atoms with Gasteiger partial charge in [0.1, 0.15) is 12.0 Å². The summed E-state index contributed by atoms with van der Waals surface area (Å²) in [5.74, 6) is 0.371. The monoisotopic (exact) mass is 266 g/mol. The van der Waals surface area contributed by atoms with E-state index in [4.69, 9.17) is 9.47 Å². The Labute approximate surface area is 80.4 Å². The number of hydrogen-bond acceptors (Lipinski definition) is 2. The summed E-state index contributed by atoms with van der Waals surface area (Å²) in [7, 11) is 0. The van der Waals surface area contributed by atoms with Crippen molar-refractivity contribution < 1.29 is 9.47 Å². The maximum atomic E-state index is 5.43. The van der Waals surface area contributed by atoms with Gasteiger partial charge in [-0.3, -0.25) is 0 Å². The standard InChI is InChI=1S/C8H11IO2/c1-6(9)4-7-5-10-8(2,3)11-7/h5H,1,4H2,2-3H3. The second-order valence-electron chi connectivity index (χ2n) is 2.90. The number of allylic oxidation sites excluding steroid dienone is 1. The average Bonchev–Trinajstić information content (AvgIpc) is 2.08. The van der Waals surface area contributed by atoms with Crippen LogP contribution in [0.1, 0.15) is 20.3 Å². The van der Waals surface area contributed by atoms with Crippen molar-refractivity contribution in [2.45, 2.75) is 26.1 Å². The summed E-state index contributed by atoms with van der Waals surface area (Å²) in [6.07, 6.45) is 2.41. The van der Waals surface area contributed by atoms with E-state index in [1.807, 2.05) is 13.8 Å². The molecule has 0 aromatic carbocycles. The van der Waals surface area contributed by atoms with E-state index in [2.05, 4.69) is 29.2 Å². The molecule has 3 heteroatoms. The molecule has 62 valence electrons. The molecule has 0 spiro atoms. The van der Waals surface area contributed by atoms with Gasteiger partial charge in [0.25, 0.3) is 0 Å². The fraction of sp³-hybridized carbons (Fsp3) is 0.500. The molecule has 11 heavy (non-hydrogen) atoms. The first-order valence-corrected chi connectivity index (χ1v) is 4.47. The molecule has 0 fully saturated rings. The van der Waals surface area contributed by atoms with Crippen LogP contribution >= 0.6 is 22.6 Å². The lowest BCUT2D eigenvalue weighted by molar-refractivity contribution is -0.116. The van der Waals surface area contributed by atoms with Crippen LogP contribution in [-0.4, -0.2) is 5.79 Å². The summed E-state index contributed by atoms with van der Waals surface area (Å²) in [5.41, 5.74) is 0. The van der Waals surface area contributed by atoms with E-state index < -0.39 is 5.79 Å². The van der Waals surface area contributed by atoms with E-state index in [0.717, 1.165) is 15.8 Å². The molecule has 0 aromatic heterocycles. The predicted octanol–water partition coefficient (Wildman–Crippen LogP) is 2.95. The van der Waals surface area contributed by atoms with Crippen molar-refractivity contribution in [2.75, 3.05) is 0 Å². The zero-order valence-electron chi connectivity index (χ0n) is 6.69. The minimum Gasteiger partial charge on any atom is -0.457 e. The SMILES string of the molecule is C=C(I)CC1=COC(C)(C)O1. The van der Waals surface area contributed by atoms with Crippen LogP contribution in [0.5, 0.6) is 0 Å². The molecule has 0 saturated carbocycles. The van der Waals surface area contributed by atoms with Gasteiger partial charge >= 0.3 is 0 Å². The Kier molecular flexibility index (Phi) is 2.47. The first kappa shape index (κ1) is 8.90. The number of halogens is 1. The zero-order valence-corrected chi connectivity index (χ0v) is 8.84. The van der Waals surface area contributed by atoms with Gasteiger partial charge in [-0.15, -0.1) is 0 Å². The van der Waals surface area contributed by atoms with Crippen LogP contribution in [0.15, 0.2) is 22.2 Å². The van der Waals surface area contributed by atoms with Crippen LogP contribution < -0.4 is 0 Å². The normalized spacial score (nSPS) is 20.1. The molecule has 0 amide bonds. The first-order valence-electron chi connectivity index (χ1n) is 3.39. The van der Waals surface area contributed by atoms with Crippen molar-refractivity contribution in [3.8, 4) is 0 Å². The van der Waals surface area contributed by atoms with Crippen molar-refractivity contribution in [1.29, 1.82) is 0 Å². The van der Waals surface area contributed by atoms with Gasteiger partial charge in [0.2, 0.25) is 5.79 Å². The highest BCUT2D eigenvalue weighted by Crippen LogP contribution is 2.28. The van der Waals surface area contributed by atoms with Gasteiger partial charge < -0.3 is 9.47 Å². The third kappa shape index (κ3) is 2.73. The maximum absolute atomic E-state index is 5.43. The molecule has 2 nitrogen and oxygen atoms in total. The summed E-state index contributed by atoms with van der Waals surface area (Å²) in [6, 6.07) is 0. The highest BCUT2D eigenvalue weighted by molar-refractivity contribution is 14.1. The summed E-state index contributed by atoms with van der Waals surface area (Å²) >= 11 is 2.17. The highest BCUT2D eigenvalue weighted by Gasteiger charge is 2.27. The quantitative estimate of drug-likeness (QED) is 0.715. The van der Waals surface area contributed by atoms with Crippen molar-refractivity contribution in [2.24, 2.45) is 0 Å². The minimum atomic E-state index is -0.485. The Morgan fingerprint density at radius 3 is 2.73 bits per heavy atom. The molecular weight excluding hydrogens is 255 g/mol. The fourth-order valence-corrected chi connectivity index (χ4v) is 1.21. The van der Waals surface area contributed by atoms with E-state index in [9.17, 15) is 0 Å². The molecule has 0 aliphatic carbocycles.